The van der Waals surface area contributed by atoms with Gasteiger partial charge in [-0.2, -0.15) is 0 Å². The Bertz CT molecular complexity index is 1060. The molecule has 1 amide bonds. The van der Waals surface area contributed by atoms with Gasteiger partial charge in [0.15, 0.2) is 0 Å². The van der Waals surface area contributed by atoms with Crippen LogP contribution in [0, 0.1) is 5.41 Å². The predicted molar refractivity (Wildman–Crippen MR) is 135 cm³/mol. The molecule has 0 spiro atoms. The van der Waals surface area contributed by atoms with E-state index in [1.807, 2.05) is 6.07 Å². The van der Waals surface area contributed by atoms with Crippen LogP contribution < -0.4 is 4.74 Å². The maximum atomic E-state index is 11.8. The molecule has 1 fully saturated rings. The summed E-state index contributed by atoms with van der Waals surface area (Å²) in [7, 11) is 1.75. The van der Waals surface area contributed by atoms with Crippen LogP contribution in [0.3, 0.4) is 0 Å². The third-order valence-electron chi connectivity index (χ3n) is 7.49. The first-order valence-electron chi connectivity index (χ1n) is 12.2. The first-order valence-corrected chi connectivity index (χ1v) is 12.2. The summed E-state index contributed by atoms with van der Waals surface area (Å²) in [5.41, 5.74) is 7.90. The van der Waals surface area contributed by atoms with Gasteiger partial charge < -0.3 is 14.7 Å². The maximum Gasteiger partial charge on any atom is 0.407 e. The van der Waals surface area contributed by atoms with Crippen molar-refractivity contribution in [3.05, 3.63) is 64.2 Å². The largest absolute Gasteiger partial charge is 0.496 e. The molecule has 33 heavy (non-hydrogen) atoms. The summed E-state index contributed by atoms with van der Waals surface area (Å²) in [5, 5.41) is 9.72. The lowest BCUT2D eigenvalue weighted by Crippen LogP contribution is -2.51. The molecule has 4 heteroatoms. The number of carbonyl (C=O) groups is 1. The molecule has 4 nitrogen and oxygen atoms in total. The second-order valence-corrected chi connectivity index (χ2v) is 10.6. The van der Waals surface area contributed by atoms with Gasteiger partial charge in [0.05, 0.1) is 7.11 Å². The number of nitrogens with zero attached hydrogens (tertiary/aromatic N) is 1. The van der Waals surface area contributed by atoms with E-state index in [0.717, 1.165) is 37.9 Å². The van der Waals surface area contributed by atoms with Crippen molar-refractivity contribution in [3.63, 3.8) is 0 Å². The molecule has 0 aromatic heterocycles. The van der Waals surface area contributed by atoms with E-state index in [4.69, 9.17) is 4.74 Å². The summed E-state index contributed by atoms with van der Waals surface area (Å²) in [6.45, 7) is 9.28. The summed E-state index contributed by atoms with van der Waals surface area (Å²) in [4.78, 5) is 13.5. The summed E-state index contributed by atoms with van der Waals surface area (Å²) in [6.07, 6.45) is 6.38. The van der Waals surface area contributed by atoms with E-state index in [0.29, 0.717) is 12.5 Å². The first kappa shape index (κ1) is 23.4. The lowest BCUT2D eigenvalue weighted by Gasteiger charge is -2.45. The molecule has 1 heterocycles. The van der Waals surface area contributed by atoms with Gasteiger partial charge in [-0.1, -0.05) is 64.1 Å². The number of carboxylic acid groups (broad SMARTS) is 1. The zero-order valence-corrected chi connectivity index (χ0v) is 20.6. The van der Waals surface area contributed by atoms with E-state index in [9.17, 15) is 9.90 Å². The van der Waals surface area contributed by atoms with Crippen LogP contribution in [0.2, 0.25) is 0 Å². The number of hydrogen-bond acceptors (Lipinski definition) is 2. The Morgan fingerprint density at radius 1 is 1.21 bits per heavy atom. The molecule has 4 rings (SSSR count). The summed E-state index contributed by atoms with van der Waals surface area (Å²) < 4.78 is 5.64. The van der Waals surface area contributed by atoms with Crippen LogP contribution in [0.1, 0.15) is 80.7 Å². The highest BCUT2D eigenvalue weighted by Crippen LogP contribution is 2.42. The topological polar surface area (TPSA) is 49.8 Å². The molecule has 1 aliphatic heterocycles. The highest BCUT2D eigenvalue weighted by molar-refractivity contribution is 5.88. The molecule has 2 aromatic rings. The third-order valence-corrected chi connectivity index (χ3v) is 7.49. The van der Waals surface area contributed by atoms with Gasteiger partial charge in [-0.3, -0.25) is 0 Å². The number of aryl methyl sites for hydroxylation is 2. The number of piperidine rings is 1. The van der Waals surface area contributed by atoms with Crippen LogP contribution in [0.25, 0.3) is 11.6 Å². The average molecular weight is 448 g/mol. The van der Waals surface area contributed by atoms with Crippen molar-refractivity contribution in [3.8, 4) is 5.75 Å². The predicted octanol–water partition coefficient (Wildman–Crippen LogP) is 7.02. The van der Waals surface area contributed by atoms with E-state index >= 15 is 0 Å². The highest BCUT2D eigenvalue weighted by atomic mass is 16.5. The zero-order chi connectivity index (χ0) is 23.8. The van der Waals surface area contributed by atoms with Gasteiger partial charge in [0.1, 0.15) is 5.75 Å². The highest BCUT2D eigenvalue weighted by Gasteiger charge is 2.39. The number of rotatable bonds is 4. The molecule has 2 aliphatic rings. The van der Waals surface area contributed by atoms with Gasteiger partial charge in [-0.15, -0.1) is 0 Å². The molecule has 0 bridgehead atoms. The normalized spacial score (nSPS) is 21.8. The Labute approximate surface area is 198 Å². The average Bonchev–Trinajstić information content (AvgIpc) is 3.21. The van der Waals surface area contributed by atoms with Crippen molar-refractivity contribution in [2.24, 2.45) is 5.41 Å². The van der Waals surface area contributed by atoms with Crippen LogP contribution in [-0.2, 0) is 12.8 Å². The second kappa shape index (κ2) is 9.24. The number of amides is 1. The number of hydrogen-bond donors (Lipinski definition) is 1. The number of methoxy groups -OCH3 is 1. The Morgan fingerprint density at radius 3 is 2.67 bits per heavy atom. The van der Waals surface area contributed by atoms with Gasteiger partial charge in [0.2, 0.25) is 0 Å². The van der Waals surface area contributed by atoms with Gasteiger partial charge in [0.25, 0.3) is 0 Å². The van der Waals surface area contributed by atoms with Gasteiger partial charge in [0, 0.05) is 18.2 Å². The molecular weight excluding hydrogens is 410 g/mol. The van der Waals surface area contributed by atoms with E-state index in [-0.39, 0.29) is 11.5 Å². The van der Waals surface area contributed by atoms with Crippen LogP contribution >= 0.6 is 0 Å². The van der Waals surface area contributed by atoms with E-state index < -0.39 is 6.09 Å². The molecule has 1 saturated heterocycles. The van der Waals surface area contributed by atoms with E-state index in [1.54, 1.807) is 12.0 Å². The molecule has 1 aliphatic carbocycles. The monoisotopic (exact) mass is 447 g/mol. The van der Waals surface area contributed by atoms with Crippen molar-refractivity contribution in [2.45, 2.75) is 71.8 Å². The minimum absolute atomic E-state index is 0.0303. The molecular formula is C29H37NO3. The maximum absolute atomic E-state index is 11.8. The van der Waals surface area contributed by atoms with Crippen molar-refractivity contribution in [1.82, 2.24) is 4.90 Å². The standard InChI is InChI=1S/C29H37NO3/c1-6-20-16-19(17-23-12-11-21-8-7-9-25(33-5)27(21)23)10-13-24(20)22-14-15-30(28(31)32)26(18-22)29(2,3)4/h7-10,13,16-17,22,26H,6,11-12,14-15,18H2,1-5H3,(H,31,32). The van der Waals surface area contributed by atoms with Crippen LogP contribution in [0.4, 0.5) is 4.79 Å². The molecule has 176 valence electrons. The first-order chi connectivity index (χ1) is 15.7. The fraction of sp³-hybridized carbons (Fsp3) is 0.483. The smallest absolute Gasteiger partial charge is 0.407 e. The summed E-state index contributed by atoms with van der Waals surface area (Å²) in [6, 6.07) is 13.2. The van der Waals surface area contributed by atoms with E-state index in [2.05, 4.69) is 64.1 Å². The van der Waals surface area contributed by atoms with Crippen LogP contribution in [0.15, 0.2) is 36.4 Å². The van der Waals surface area contributed by atoms with Gasteiger partial charge >= 0.3 is 6.09 Å². The Morgan fingerprint density at radius 2 is 2.00 bits per heavy atom. The summed E-state index contributed by atoms with van der Waals surface area (Å²) >= 11 is 0. The lowest BCUT2D eigenvalue weighted by molar-refractivity contribution is 0.0525. The molecule has 2 aromatic carbocycles. The fourth-order valence-corrected chi connectivity index (χ4v) is 5.78. The second-order valence-electron chi connectivity index (χ2n) is 10.6. The SMILES string of the molecule is CCc1cc(C=C2CCc3cccc(OC)c32)ccc1C1CCN(C(=O)O)C(C(C)(C)C)C1. The molecule has 1 N–H and O–H groups in total. The Balaban J connectivity index is 1.63. The lowest BCUT2D eigenvalue weighted by atomic mass is 9.74. The minimum Gasteiger partial charge on any atom is -0.496 e. The van der Waals surface area contributed by atoms with Crippen molar-refractivity contribution in [2.75, 3.05) is 13.7 Å². The number of allylic oxidation sites excluding steroid dienone is 1. The van der Waals surface area contributed by atoms with Gasteiger partial charge in [-0.25, -0.2) is 4.79 Å². The number of likely N-dealkylation sites (tertiary alicyclic amines) is 1. The number of benzene rings is 2. The third kappa shape index (κ3) is 4.66. The van der Waals surface area contributed by atoms with Crippen LogP contribution in [0.5, 0.6) is 5.75 Å². The quantitative estimate of drug-likeness (QED) is 0.548. The molecule has 0 radical (unpaired) electrons. The summed E-state index contributed by atoms with van der Waals surface area (Å²) in [5.74, 6) is 1.36. The Hall–Kier alpha value is -2.75. The van der Waals surface area contributed by atoms with Crippen molar-refractivity contribution >= 4 is 17.7 Å². The zero-order valence-electron chi connectivity index (χ0n) is 20.6. The molecule has 2 atom stereocenters. The number of fused-ring (bicyclic) bond motifs is 1. The molecule has 2 unspecified atom stereocenters. The van der Waals surface area contributed by atoms with Crippen molar-refractivity contribution < 1.29 is 14.6 Å². The Kier molecular flexibility index (Phi) is 6.56. The van der Waals surface area contributed by atoms with E-state index in [1.165, 1.54) is 33.4 Å². The fourth-order valence-electron chi connectivity index (χ4n) is 5.78. The van der Waals surface area contributed by atoms with Crippen molar-refractivity contribution in [1.29, 1.82) is 0 Å². The minimum atomic E-state index is -0.793. The number of ether oxygens (including phenoxy) is 1. The van der Waals surface area contributed by atoms with Gasteiger partial charge in [-0.05, 0) is 77.3 Å². The molecule has 0 saturated carbocycles. The van der Waals surface area contributed by atoms with Crippen LogP contribution in [-0.4, -0.2) is 35.8 Å².